The zero-order valence-electron chi connectivity index (χ0n) is 12.6. The summed E-state index contributed by atoms with van der Waals surface area (Å²) in [6.07, 6.45) is 2.16. The van der Waals surface area contributed by atoms with Crippen LogP contribution in [0.4, 0.5) is 0 Å². The maximum atomic E-state index is 4.75. The third kappa shape index (κ3) is 3.05. The van der Waals surface area contributed by atoms with E-state index in [-0.39, 0.29) is 0 Å². The van der Waals surface area contributed by atoms with Crippen molar-refractivity contribution in [2.24, 2.45) is 10.9 Å². The molecule has 2 heterocycles. The van der Waals surface area contributed by atoms with Gasteiger partial charge in [-0.2, -0.15) is 0 Å². The number of rotatable bonds is 2. The van der Waals surface area contributed by atoms with Crippen molar-refractivity contribution in [3.8, 4) is 0 Å². The fourth-order valence-electron chi connectivity index (χ4n) is 2.57. The number of hydrogen-bond acceptors (Lipinski definition) is 3. The van der Waals surface area contributed by atoms with Gasteiger partial charge in [-0.15, -0.1) is 10.2 Å². The normalized spacial score (nSPS) is 17.8. The van der Waals surface area contributed by atoms with Crippen molar-refractivity contribution >= 4 is 5.96 Å². The number of nitrogens with zero attached hydrogens (tertiary/aromatic N) is 6. The van der Waals surface area contributed by atoms with E-state index in [4.69, 9.17) is 4.99 Å². The van der Waals surface area contributed by atoms with Crippen LogP contribution >= 0.6 is 0 Å². The molecule has 0 saturated heterocycles. The Hall–Kier alpha value is -1.59. The molecule has 2 rings (SSSR count). The van der Waals surface area contributed by atoms with Crippen LogP contribution in [-0.2, 0) is 13.0 Å². The van der Waals surface area contributed by atoms with Gasteiger partial charge in [0.25, 0.3) is 0 Å². The minimum absolute atomic E-state index is 0.581. The van der Waals surface area contributed by atoms with Gasteiger partial charge >= 0.3 is 0 Å². The van der Waals surface area contributed by atoms with Gasteiger partial charge in [0.1, 0.15) is 11.6 Å². The Balaban J connectivity index is 2.02. The van der Waals surface area contributed by atoms with Gasteiger partial charge in [-0.3, -0.25) is 4.99 Å². The largest absolute Gasteiger partial charge is 0.349 e. The average molecular weight is 264 g/mol. The van der Waals surface area contributed by atoms with E-state index in [2.05, 4.69) is 24.6 Å². The number of aliphatic imine (C=N–C) groups is 1. The molecule has 0 spiro atoms. The molecule has 1 aliphatic heterocycles. The third-order valence-corrected chi connectivity index (χ3v) is 3.52. The zero-order chi connectivity index (χ0) is 14.0. The first-order valence-electron chi connectivity index (χ1n) is 6.76. The van der Waals surface area contributed by atoms with Crippen LogP contribution in [0.3, 0.4) is 0 Å². The molecule has 6 heteroatoms. The van der Waals surface area contributed by atoms with Crippen LogP contribution in [0.1, 0.15) is 18.1 Å². The highest BCUT2D eigenvalue weighted by Crippen LogP contribution is 2.20. The summed E-state index contributed by atoms with van der Waals surface area (Å²) in [6, 6.07) is 0. The summed E-state index contributed by atoms with van der Waals surface area (Å²) in [6.45, 7) is 3.88. The van der Waals surface area contributed by atoms with Crippen molar-refractivity contribution in [3.05, 3.63) is 11.6 Å². The Morgan fingerprint density at radius 1 is 1.26 bits per heavy atom. The molecular weight excluding hydrogens is 240 g/mol. The zero-order valence-corrected chi connectivity index (χ0v) is 12.6. The van der Waals surface area contributed by atoms with E-state index in [0.29, 0.717) is 5.92 Å². The van der Waals surface area contributed by atoms with Crippen molar-refractivity contribution in [1.82, 2.24) is 24.6 Å². The second-order valence-corrected chi connectivity index (χ2v) is 5.61. The first-order valence-corrected chi connectivity index (χ1v) is 6.76. The summed E-state index contributed by atoms with van der Waals surface area (Å²) in [5, 5.41) is 8.35. The summed E-state index contributed by atoms with van der Waals surface area (Å²) >= 11 is 0. The fraction of sp³-hybridized carbons (Fsp3) is 0.769. The van der Waals surface area contributed by atoms with Gasteiger partial charge in [0.2, 0.25) is 0 Å². The van der Waals surface area contributed by atoms with Crippen molar-refractivity contribution in [2.45, 2.75) is 26.3 Å². The standard InChI is InChI=1S/C13H24N6/c1-10-15-16-12-7-6-11(9-19(10)12)8-14-13(17(2)3)18(4)5/h11H,6-9H2,1-5H3. The number of guanidine groups is 1. The molecular formula is C13H24N6. The molecule has 0 amide bonds. The average Bonchev–Trinajstić information content (AvgIpc) is 2.70. The molecule has 19 heavy (non-hydrogen) atoms. The Kier molecular flexibility index (Phi) is 4.07. The fourth-order valence-corrected chi connectivity index (χ4v) is 2.57. The Bertz CT molecular complexity index is 450. The van der Waals surface area contributed by atoms with E-state index >= 15 is 0 Å². The molecule has 1 aromatic heterocycles. The predicted octanol–water partition coefficient (Wildman–Crippen LogP) is 0.628. The van der Waals surface area contributed by atoms with Crippen LogP contribution in [0.2, 0.25) is 0 Å². The highest BCUT2D eigenvalue weighted by Gasteiger charge is 2.21. The third-order valence-electron chi connectivity index (χ3n) is 3.52. The smallest absolute Gasteiger partial charge is 0.195 e. The molecule has 0 aromatic carbocycles. The van der Waals surface area contributed by atoms with E-state index in [1.807, 2.05) is 35.1 Å². The second kappa shape index (κ2) is 5.59. The first kappa shape index (κ1) is 13.8. The van der Waals surface area contributed by atoms with Gasteiger partial charge in [-0.25, -0.2) is 0 Å². The molecule has 1 aliphatic rings. The highest BCUT2D eigenvalue weighted by atomic mass is 15.3. The van der Waals surface area contributed by atoms with Crippen LogP contribution in [0, 0.1) is 12.8 Å². The van der Waals surface area contributed by atoms with E-state index in [9.17, 15) is 0 Å². The minimum atomic E-state index is 0.581. The quantitative estimate of drug-likeness (QED) is 0.581. The summed E-state index contributed by atoms with van der Waals surface area (Å²) in [4.78, 5) is 8.86. The molecule has 0 bridgehead atoms. The molecule has 6 nitrogen and oxygen atoms in total. The molecule has 0 fully saturated rings. The lowest BCUT2D eigenvalue weighted by Gasteiger charge is -2.26. The van der Waals surface area contributed by atoms with Gasteiger partial charge in [0.15, 0.2) is 5.96 Å². The minimum Gasteiger partial charge on any atom is -0.349 e. The second-order valence-electron chi connectivity index (χ2n) is 5.61. The van der Waals surface area contributed by atoms with Crippen LogP contribution in [0.25, 0.3) is 0 Å². The molecule has 1 atom stereocenters. The topological polar surface area (TPSA) is 49.6 Å². The number of hydrogen-bond donors (Lipinski definition) is 0. The summed E-state index contributed by atoms with van der Waals surface area (Å²) in [7, 11) is 8.12. The van der Waals surface area contributed by atoms with Gasteiger partial charge < -0.3 is 14.4 Å². The first-order chi connectivity index (χ1) is 8.99. The maximum Gasteiger partial charge on any atom is 0.195 e. The molecule has 0 N–H and O–H groups in total. The maximum absolute atomic E-state index is 4.75. The van der Waals surface area contributed by atoms with Crippen LogP contribution < -0.4 is 0 Å². The van der Waals surface area contributed by atoms with Crippen LogP contribution in [0.5, 0.6) is 0 Å². The van der Waals surface area contributed by atoms with Crippen molar-refractivity contribution < 1.29 is 0 Å². The lowest BCUT2D eigenvalue weighted by Crippen LogP contribution is -2.36. The van der Waals surface area contributed by atoms with E-state index in [0.717, 1.165) is 43.5 Å². The molecule has 0 radical (unpaired) electrons. The Morgan fingerprint density at radius 3 is 2.58 bits per heavy atom. The molecule has 1 aromatic rings. The van der Waals surface area contributed by atoms with Crippen molar-refractivity contribution in [3.63, 3.8) is 0 Å². The van der Waals surface area contributed by atoms with E-state index < -0.39 is 0 Å². The van der Waals surface area contributed by atoms with Gasteiger partial charge in [0, 0.05) is 47.7 Å². The lowest BCUT2D eigenvalue weighted by atomic mass is 9.99. The number of fused-ring (bicyclic) bond motifs is 1. The summed E-state index contributed by atoms with van der Waals surface area (Å²) in [5.41, 5.74) is 0. The van der Waals surface area contributed by atoms with Gasteiger partial charge in [-0.05, 0) is 19.3 Å². The molecule has 0 saturated carbocycles. The van der Waals surface area contributed by atoms with Crippen LogP contribution in [-0.4, -0.2) is 65.3 Å². The highest BCUT2D eigenvalue weighted by molar-refractivity contribution is 5.79. The number of aryl methyl sites for hydroxylation is 2. The molecule has 0 aliphatic carbocycles. The van der Waals surface area contributed by atoms with E-state index in [1.165, 1.54) is 0 Å². The van der Waals surface area contributed by atoms with Gasteiger partial charge in [0.05, 0.1) is 0 Å². The van der Waals surface area contributed by atoms with Crippen molar-refractivity contribution in [1.29, 1.82) is 0 Å². The number of aromatic nitrogens is 3. The van der Waals surface area contributed by atoms with E-state index in [1.54, 1.807) is 0 Å². The Morgan fingerprint density at radius 2 is 1.95 bits per heavy atom. The predicted molar refractivity (Wildman–Crippen MR) is 76.2 cm³/mol. The van der Waals surface area contributed by atoms with Gasteiger partial charge in [-0.1, -0.05) is 0 Å². The molecule has 1 unspecified atom stereocenters. The van der Waals surface area contributed by atoms with Crippen LogP contribution in [0.15, 0.2) is 4.99 Å². The summed E-state index contributed by atoms with van der Waals surface area (Å²) < 4.78 is 2.23. The van der Waals surface area contributed by atoms with Crippen molar-refractivity contribution in [2.75, 3.05) is 34.7 Å². The lowest BCUT2D eigenvalue weighted by molar-refractivity contribution is 0.365. The summed E-state index contributed by atoms with van der Waals surface area (Å²) in [5.74, 6) is 3.74. The monoisotopic (exact) mass is 264 g/mol. The molecule has 106 valence electrons. The Labute approximate surface area is 115 Å². The SMILES string of the molecule is Cc1nnc2n1CC(CN=C(N(C)C)N(C)C)CC2.